The zero-order chi connectivity index (χ0) is 21.9. The van der Waals surface area contributed by atoms with Crippen molar-refractivity contribution in [1.82, 2.24) is 10.2 Å². The standard InChI is InChI=1S/C27H28ClN3O/c28-25-9-3-4-10-26(25)31-17-15-30(16-18-31)14-6-5-13-29-27(32)20-11-12-23-21-7-1-2-8-22(21)24(23)19-20/h1-4,7-12,19H,5-6,13-18H2,(H,29,32). The van der Waals surface area contributed by atoms with Crippen molar-refractivity contribution in [3.05, 3.63) is 77.3 Å². The van der Waals surface area contributed by atoms with Gasteiger partial charge in [-0.25, -0.2) is 0 Å². The third-order valence-electron chi connectivity index (χ3n) is 6.54. The maximum absolute atomic E-state index is 12.6. The smallest absolute Gasteiger partial charge is 0.251 e. The van der Waals surface area contributed by atoms with E-state index in [0.717, 1.165) is 61.8 Å². The van der Waals surface area contributed by atoms with Crippen molar-refractivity contribution in [3.63, 3.8) is 0 Å². The van der Waals surface area contributed by atoms with Gasteiger partial charge in [0.1, 0.15) is 0 Å². The Hall–Kier alpha value is -2.82. The first-order valence-electron chi connectivity index (χ1n) is 11.4. The molecule has 0 bridgehead atoms. The van der Waals surface area contributed by atoms with Crippen LogP contribution in [0.1, 0.15) is 23.2 Å². The first kappa shape index (κ1) is 21.0. The molecule has 3 aromatic carbocycles. The van der Waals surface area contributed by atoms with E-state index < -0.39 is 0 Å². The number of hydrogen-bond donors (Lipinski definition) is 1. The summed E-state index contributed by atoms with van der Waals surface area (Å²) in [4.78, 5) is 17.4. The van der Waals surface area contributed by atoms with Gasteiger partial charge in [-0.2, -0.15) is 0 Å². The number of carbonyl (C=O) groups is 1. The first-order valence-corrected chi connectivity index (χ1v) is 11.8. The van der Waals surface area contributed by atoms with Crippen LogP contribution in [-0.2, 0) is 0 Å². The van der Waals surface area contributed by atoms with Gasteiger partial charge in [-0.05, 0) is 65.9 Å². The molecule has 0 unspecified atom stereocenters. The van der Waals surface area contributed by atoms with E-state index in [1.165, 1.54) is 22.3 Å². The molecule has 32 heavy (non-hydrogen) atoms. The SMILES string of the molecule is O=C(NCCCCN1CCN(c2ccccc2Cl)CC1)c1ccc2c(c1)-c1ccccc1-2. The predicted octanol–water partition coefficient (Wildman–Crippen LogP) is 5.32. The van der Waals surface area contributed by atoms with E-state index in [1.807, 2.05) is 36.4 Å². The molecule has 164 valence electrons. The van der Waals surface area contributed by atoms with Crippen molar-refractivity contribution in [3.8, 4) is 22.3 Å². The molecule has 1 amide bonds. The van der Waals surface area contributed by atoms with Gasteiger partial charge >= 0.3 is 0 Å². The van der Waals surface area contributed by atoms with E-state index in [9.17, 15) is 4.79 Å². The second-order valence-corrected chi connectivity index (χ2v) is 8.96. The molecule has 3 aromatic rings. The predicted molar refractivity (Wildman–Crippen MR) is 133 cm³/mol. The summed E-state index contributed by atoms with van der Waals surface area (Å²) in [6.45, 7) is 5.89. The number of nitrogens with one attached hydrogen (secondary N) is 1. The Kier molecular flexibility index (Phi) is 6.15. The number of para-hydroxylation sites is 1. The van der Waals surface area contributed by atoms with E-state index in [2.05, 4.69) is 45.4 Å². The maximum Gasteiger partial charge on any atom is 0.251 e. The van der Waals surface area contributed by atoms with Crippen molar-refractivity contribution in [1.29, 1.82) is 0 Å². The van der Waals surface area contributed by atoms with Gasteiger partial charge in [0, 0.05) is 38.3 Å². The van der Waals surface area contributed by atoms with Crippen molar-refractivity contribution in [2.24, 2.45) is 0 Å². The molecular weight excluding hydrogens is 418 g/mol. The summed E-state index contributed by atoms with van der Waals surface area (Å²) in [6, 6.07) is 22.4. The Bertz CT molecular complexity index is 1120. The highest BCUT2D eigenvalue weighted by atomic mass is 35.5. The van der Waals surface area contributed by atoms with Crippen LogP contribution in [0.25, 0.3) is 22.3 Å². The van der Waals surface area contributed by atoms with E-state index in [1.54, 1.807) is 0 Å². The van der Waals surface area contributed by atoms with Crippen LogP contribution in [-0.4, -0.2) is 50.1 Å². The van der Waals surface area contributed by atoms with Crippen LogP contribution < -0.4 is 10.2 Å². The molecule has 1 aliphatic carbocycles. The van der Waals surface area contributed by atoms with Crippen LogP contribution >= 0.6 is 11.6 Å². The zero-order valence-electron chi connectivity index (χ0n) is 18.2. The summed E-state index contributed by atoms with van der Waals surface area (Å²) in [5, 5.41) is 3.91. The number of anilines is 1. The van der Waals surface area contributed by atoms with Crippen LogP contribution in [0.5, 0.6) is 0 Å². The molecule has 0 spiro atoms. The van der Waals surface area contributed by atoms with Gasteiger partial charge in [0.15, 0.2) is 0 Å². The van der Waals surface area contributed by atoms with Crippen molar-refractivity contribution in [2.45, 2.75) is 12.8 Å². The minimum Gasteiger partial charge on any atom is -0.368 e. The van der Waals surface area contributed by atoms with Gasteiger partial charge in [0.05, 0.1) is 10.7 Å². The van der Waals surface area contributed by atoms with Crippen LogP contribution in [0.3, 0.4) is 0 Å². The zero-order valence-corrected chi connectivity index (χ0v) is 18.9. The minimum atomic E-state index is 0.0190. The number of carbonyl (C=O) groups excluding carboxylic acids is 1. The lowest BCUT2D eigenvalue weighted by atomic mass is 9.80. The highest BCUT2D eigenvalue weighted by molar-refractivity contribution is 6.33. The number of nitrogens with zero attached hydrogens (tertiary/aromatic N) is 2. The summed E-state index contributed by atoms with van der Waals surface area (Å²) in [6.07, 6.45) is 2.08. The number of unbranched alkanes of at least 4 members (excludes halogenated alkanes) is 1. The Labute approximate surface area is 194 Å². The van der Waals surface area contributed by atoms with Crippen LogP contribution in [0, 0.1) is 0 Å². The molecule has 0 atom stereocenters. The number of hydrogen-bond acceptors (Lipinski definition) is 3. The molecule has 1 heterocycles. The molecular formula is C27H28ClN3O. The van der Waals surface area contributed by atoms with Crippen molar-refractivity contribution >= 4 is 23.2 Å². The number of benzene rings is 3. The fourth-order valence-corrected chi connectivity index (χ4v) is 4.97. The summed E-state index contributed by atoms with van der Waals surface area (Å²) >= 11 is 6.33. The Morgan fingerprint density at radius 1 is 0.812 bits per heavy atom. The maximum atomic E-state index is 12.6. The largest absolute Gasteiger partial charge is 0.368 e. The lowest BCUT2D eigenvalue weighted by Gasteiger charge is -2.36. The number of amides is 1. The quantitative estimate of drug-likeness (QED) is 0.391. The highest BCUT2D eigenvalue weighted by Gasteiger charge is 2.23. The minimum absolute atomic E-state index is 0.0190. The third kappa shape index (κ3) is 4.25. The summed E-state index contributed by atoms with van der Waals surface area (Å²) in [7, 11) is 0. The van der Waals surface area contributed by atoms with Gasteiger partial charge in [0.2, 0.25) is 0 Å². The molecule has 2 aliphatic rings. The van der Waals surface area contributed by atoms with Gasteiger partial charge in [0.25, 0.3) is 5.91 Å². The second kappa shape index (κ2) is 9.35. The van der Waals surface area contributed by atoms with Gasteiger partial charge in [-0.15, -0.1) is 0 Å². The highest BCUT2D eigenvalue weighted by Crippen LogP contribution is 2.46. The second-order valence-electron chi connectivity index (χ2n) is 8.55. The molecule has 0 radical (unpaired) electrons. The monoisotopic (exact) mass is 445 g/mol. The van der Waals surface area contributed by atoms with Crippen molar-refractivity contribution < 1.29 is 4.79 Å². The normalized spacial score (nSPS) is 15.0. The van der Waals surface area contributed by atoms with Crippen molar-refractivity contribution in [2.75, 3.05) is 44.2 Å². The van der Waals surface area contributed by atoms with Gasteiger partial charge < -0.3 is 10.2 Å². The molecule has 5 heteroatoms. The van der Waals surface area contributed by atoms with E-state index >= 15 is 0 Å². The Morgan fingerprint density at radius 3 is 2.28 bits per heavy atom. The number of halogens is 1. The molecule has 1 saturated heterocycles. The number of rotatable bonds is 7. The van der Waals surface area contributed by atoms with Gasteiger partial charge in [-0.3, -0.25) is 9.69 Å². The molecule has 0 aromatic heterocycles. The van der Waals surface area contributed by atoms with E-state index in [4.69, 9.17) is 11.6 Å². The van der Waals surface area contributed by atoms with Gasteiger partial charge in [-0.1, -0.05) is 54.1 Å². The number of piperazine rings is 1. The van der Waals surface area contributed by atoms with E-state index in [-0.39, 0.29) is 5.91 Å². The van der Waals surface area contributed by atoms with E-state index in [0.29, 0.717) is 6.54 Å². The average Bonchev–Trinajstić information content (AvgIpc) is 2.82. The molecule has 5 rings (SSSR count). The molecule has 0 saturated carbocycles. The summed E-state index contributed by atoms with van der Waals surface area (Å²) < 4.78 is 0. The number of fused-ring (bicyclic) bond motifs is 4. The fraction of sp³-hybridized carbons (Fsp3) is 0.296. The summed E-state index contributed by atoms with van der Waals surface area (Å²) in [5.74, 6) is 0.0190. The topological polar surface area (TPSA) is 35.6 Å². The Balaban J connectivity index is 1.02. The van der Waals surface area contributed by atoms with Crippen LogP contribution in [0.2, 0.25) is 5.02 Å². The van der Waals surface area contributed by atoms with Crippen LogP contribution in [0.15, 0.2) is 66.7 Å². The summed E-state index contributed by atoms with van der Waals surface area (Å²) in [5.41, 5.74) is 6.83. The first-order chi connectivity index (χ1) is 15.7. The molecule has 4 nitrogen and oxygen atoms in total. The molecule has 1 fully saturated rings. The fourth-order valence-electron chi connectivity index (χ4n) is 4.72. The molecule has 1 N–H and O–H groups in total. The average molecular weight is 446 g/mol. The third-order valence-corrected chi connectivity index (χ3v) is 6.86. The van der Waals surface area contributed by atoms with Crippen LogP contribution in [0.4, 0.5) is 5.69 Å². The molecule has 1 aliphatic heterocycles. The Morgan fingerprint density at radius 2 is 1.50 bits per heavy atom. The lowest BCUT2D eigenvalue weighted by Crippen LogP contribution is -2.46. The lowest BCUT2D eigenvalue weighted by molar-refractivity contribution is 0.0952.